The lowest BCUT2D eigenvalue weighted by molar-refractivity contribution is -0.129. The first-order valence-corrected chi connectivity index (χ1v) is 9.25. The second kappa shape index (κ2) is 8.35. The number of hydrogen-bond donors (Lipinski definition) is 1. The van der Waals surface area contributed by atoms with Crippen molar-refractivity contribution in [3.63, 3.8) is 0 Å². The Bertz CT molecular complexity index is 675. The zero-order valence-corrected chi connectivity index (χ0v) is 15.7. The van der Waals surface area contributed by atoms with Crippen molar-refractivity contribution in [3.8, 4) is 6.19 Å². The van der Waals surface area contributed by atoms with Gasteiger partial charge in [0, 0.05) is 43.6 Å². The molecule has 24 heavy (non-hydrogen) atoms. The Hall–Kier alpha value is -1.79. The van der Waals surface area contributed by atoms with Crippen LogP contribution in [0.3, 0.4) is 0 Å². The van der Waals surface area contributed by atoms with Crippen LogP contribution in [-0.2, 0) is 4.79 Å². The molecule has 1 N–H and O–H groups in total. The Morgan fingerprint density at radius 2 is 2.08 bits per heavy atom. The van der Waals surface area contributed by atoms with E-state index in [0.717, 1.165) is 0 Å². The highest BCUT2D eigenvalue weighted by Gasteiger charge is 2.23. The molecule has 1 heterocycles. The Kier molecular flexibility index (Phi) is 6.45. The first-order valence-electron chi connectivity index (χ1n) is 7.23. The molecule has 1 fully saturated rings. The monoisotopic (exact) mass is 413 g/mol. The summed E-state index contributed by atoms with van der Waals surface area (Å²) in [6, 6.07) is 3.05. The molecule has 128 valence electrons. The Morgan fingerprint density at radius 1 is 1.42 bits per heavy atom. The van der Waals surface area contributed by atoms with Gasteiger partial charge < -0.3 is 9.80 Å². The molecule has 0 unspecified atom stereocenters. The highest BCUT2D eigenvalue weighted by atomic mass is 79.9. The molecule has 0 spiro atoms. The van der Waals surface area contributed by atoms with Crippen LogP contribution in [-0.4, -0.2) is 48.4 Å². The number of carbonyl (C=O) groups excluding carboxylic acids is 1. The summed E-state index contributed by atoms with van der Waals surface area (Å²) in [5.41, 5.74) is 0.883. The van der Waals surface area contributed by atoms with Gasteiger partial charge in [0.1, 0.15) is 5.82 Å². The van der Waals surface area contributed by atoms with Crippen molar-refractivity contribution in [2.75, 3.05) is 37.3 Å². The Morgan fingerprint density at radius 3 is 2.58 bits per heavy atom. The van der Waals surface area contributed by atoms with Crippen molar-refractivity contribution < 1.29 is 9.18 Å². The molecule has 6 nitrogen and oxygen atoms in total. The second-order valence-electron chi connectivity index (χ2n) is 5.11. The highest BCUT2D eigenvalue weighted by molar-refractivity contribution is 9.10. The fourth-order valence-corrected chi connectivity index (χ4v) is 3.47. The van der Waals surface area contributed by atoms with E-state index in [1.54, 1.807) is 23.4 Å². The van der Waals surface area contributed by atoms with Crippen molar-refractivity contribution in [3.05, 3.63) is 22.4 Å². The summed E-state index contributed by atoms with van der Waals surface area (Å²) >= 11 is 4.67. The number of thioether (sulfide) groups is 1. The smallest absolute Gasteiger partial charge is 0.219 e. The zero-order chi connectivity index (χ0) is 17.7. The summed E-state index contributed by atoms with van der Waals surface area (Å²) in [6.07, 6.45) is 3.57. The van der Waals surface area contributed by atoms with Crippen LogP contribution in [0.2, 0.25) is 0 Å². The van der Waals surface area contributed by atoms with Crippen LogP contribution >= 0.6 is 27.7 Å². The van der Waals surface area contributed by atoms with Crippen LogP contribution in [0.15, 0.2) is 21.6 Å². The number of carbonyl (C=O) groups is 1. The molecule has 0 saturated carbocycles. The number of halogens is 2. The Balaban J connectivity index is 2.22. The standard InChI is InChI=1S/C15H17BrFN5OS/c1-10(23)21-3-5-22(6-4-21)14-12(16)7-11(8-13(14)17)20-15(24-2)19-9-18/h7-8H,3-6H2,1-2H3,(H,19,20). The van der Waals surface area contributed by atoms with Gasteiger partial charge in [0.15, 0.2) is 11.4 Å². The van der Waals surface area contributed by atoms with Crippen molar-refractivity contribution in [2.45, 2.75) is 6.92 Å². The predicted molar refractivity (Wildman–Crippen MR) is 97.9 cm³/mol. The van der Waals surface area contributed by atoms with Crippen LogP contribution in [0, 0.1) is 17.3 Å². The van der Waals surface area contributed by atoms with Crippen molar-refractivity contribution in [1.82, 2.24) is 10.2 Å². The van der Waals surface area contributed by atoms with Gasteiger partial charge in [0.2, 0.25) is 5.91 Å². The van der Waals surface area contributed by atoms with Gasteiger partial charge in [-0.1, -0.05) is 11.8 Å². The summed E-state index contributed by atoms with van der Waals surface area (Å²) < 4.78 is 15.2. The van der Waals surface area contributed by atoms with Gasteiger partial charge in [0.05, 0.1) is 11.4 Å². The number of anilines is 1. The fourth-order valence-electron chi connectivity index (χ4n) is 2.45. The number of aliphatic imine (C=N–C) groups is 1. The average Bonchev–Trinajstić information content (AvgIpc) is 2.54. The van der Waals surface area contributed by atoms with Gasteiger partial charge in [-0.05, 0) is 28.3 Å². The number of nitriles is 1. The van der Waals surface area contributed by atoms with E-state index in [4.69, 9.17) is 5.26 Å². The number of amidine groups is 1. The molecule has 2 rings (SSSR count). The fraction of sp³-hybridized carbons (Fsp3) is 0.400. The third-order valence-electron chi connectivity index (χ3n) is 3.63. The minimum absolute atomic E-state index is 0.0356. The second-order valence-corrected chi connectivity index (χ2v) is 6.76. The quantitative estimate of drug-likeness (QED) is 0.349. The molecule has 0 atom stereocenters. The number of rotatable bonds is 2. The van der Waals surface area contributed by atoms with E-state index >= 15 is 0 Å². The third-order valence-corrected chi connectivity index (χ3v) is 4.81. The van der Waals surface area contributed by atoms with Crippen LogP contribution in [0.1, 0.15) is 6.92 Å². The number of nitrogens with zero attached hydrogens (tertiary/aromatic N) is 4. The summed E-state index contributed by atoms with van der Waals surface area (Å²) in [4.78, 5) is 19.3. The zero-order valence-electron chi connectivity index (χ0n) is 13.3. The van der Waals surface area contributed by atoms with Crippen LogP contribution in [0.5, 0.6) is 0 Å². The lowest BCUT2D eigenvalue weighted by Crippen LogP contribution is -2.48. The number of amides is 1. The van der Waals surface area contributed by atoms with E-state index < -0.39 is 5.82 Å². The number of nitrogens with one attached hydrogen (secondary N) is 1. The maximum absolute atomic E-state index is 14.6. The largest absolute Gasteiger partial charge is 0.365 e. The molecule has 1 aromatic rings. The van der Waals surface area contributed by atoms with Gasteiger partial charge in [-0.2, -0.15) is 5.26 Å². The van der Waals surface area contributed by atoms with Gasteiger partial charge in [-0.3, -0.25) is 10.1 Å². The van der Waals surface area contributed by atoms with E-state index in [-0.39, 0.29) is 5.91 Å². The molecule has 0 bridgehead atoms. The summed E-state index contributed by atoms with van der Waals surface area (Å²) in [7, 11) is 0. The van der Waals surface area contributed by atoms with Gasteiger partial charge in [-0.15, -0.1) is 0 Å². The molecule has 1 saturated heterocycles. The van der Waals surface area contributed by atoms with Crippen molar-refractivity contribution in [2.24, 2.45) is 4.99 Å². The normalized spacial score (nSPS) is 15.2. The van der Waals surface area contributed by atoms with E-state index in [1.807, 2.05) is 4.90 Å². The summed E-state index contributed by atoms with van der Waals surface area (Å²) in [5.74, 6) is -0.356. The molecule has 9 heteroatoms. The average molecular weight is 414 g/mol. The maximum atomic E-state index is 14.6. The van der Waals surface area contributed by atoms with Crippen molar-refractivity contribution in [1.29, 1.82) is 5.26 Å². The van der Waals surface area contributed by atoms with E-state index in [0.29, 0.717) is 47.2 Å². The van der Waals surface area contributed by atoms with Gasteiger partial charge in [0.25, 0.3) is 0 Å². The first-order chi connectivity index (χ1) is 11.5. The number of piperazine rings is 1. The maximum Gasteiger partial charge on any atom is 0.219 e. The minimum Gasteiger partial charge on any atom is -0.365 e. The summed E-state index contributed by atoms with van der Waals surface area (Å²) in [5, 5.41) is 11.5. The molecular formula is C15H17BrFN5OS. The lowest BCUT2D eigenvalue weighted by Gasteiger charge is -2.36. The molecule has 0 aliphatic carbocycles. The SMILES string of the molecule is CSC(=Nc1cc(F)c(N2CCN(C(C)=O)CC2)c(Br)c1)NC#N. The van der Waals surface area contributed by atoms with E-state index in [1.165, 1.54) is 24.8 Å². The van der Waals surface area contributed by atoms with Crippen LogP contribution < -0.4 is 10.2 Å². The first kappa shape index (κ1) is 18.5. The molecular weight excluding hydrogens is 397 g/mol. The van der Waals surface area contributed by atoms with E-state index in [2.05, 4.69) is 26.2 Å². The molecule has 0 radical (unpaired) electrons. The van der Waals surface area contributed by atoms with Crippen molar-refractivity contribution >= 4 is 50.1 Å². The molecule has 1 aliphatic rings. The highest BCUT2D eigenvalue weighted by Crippen LogP contribution is 2.34. The van der Waals surface area contributed by atoms with Crippen LogP contribution in [0.25, 0.3) is 0 Å². The van der Waals surface area contributed by atoms with Gasteiger partial charge in [-0.25, -0.2) is 9.38 Å². The summed E-state index contributed by atoms with van der Waals surface area (Å²) in [6.45, 7) is 3.83. The number of benzene rings is 1. The third kappa shape index (κ3) is 4.39. The van der Waals surface area contributed by atoms with Gasteiger partial charge >= 0.3 is 0 Å². The lowest BCUT2D eigenvalue weighted by atomic mass is 10.2. The predicted octanol–water partition coefficient (Wildman–Crippen LogP) is 2.68. The van der Waals surface area contributed by atoms with E-state index in [9.17, 15) is 9.18 Å². The molecule has 1 aromatic carbocycles. The molecule has 0 aromatic heterocycles. The molecule has 1 amide bonds. The topological polar surface area (TPSA) is 71.7 Å². The minimum atomic E-state index is -0.392. The molecule has 1 aliphatic heterocycles. The van der Waals surface area contributed by atoms with Crippen LogP contribution in [0.4, 0.5) is 15.8 Å². The number of hydrogen-bond acceptors (Lipinski definition) is 5. The Labute approximate surface area is 152 Å².